The highest BCUT2D eigenvalue weighted by atomic mass is 16.5. The lowest BCUT2D eigenvalue weighted by Gasteiger charge is -2.30. The zero-order chi connectivity index (χ0) is 33.1. The van der Waals surface area contributed by atoms with Gasteiger partial charge in [-0.1, -0.05) is 69.3 Å². The number of imidazole rings is 2. The number of carbonyl (C=O) groups is 3. The highest BCUT2D eigenvalue weighted by molar-refractivity contribution is 5.86. The number of carbonyl (C=O) groups excluding carboxylic acids is 3. The van der Waals surface area contributed by atoms with Crippen LogP contribution in [0.5, 0.6) is 0 Å². The molecule has 11 nitrogen and oxygen atoms in total. The SMILES string of the molecule is COC(=O)N[C@H](C(=O)N1CCC[C@H]1c1ncc(-c2ccc(-c3ccc(-c4cnc(CN5CCC[C@H](C)C5=O)[nH]4)cc3)cc2)[nH]1)C(C)C. The van der Waals surface area contributed by atoms with Gasteiger partial charge in [0.25, 0.3) is 0 Å². The Bertz CT molecular complexity index is 1710. The number of hydrogen-bond acceptors (Lipinski definition) is 6. The lowest BCUT2D eigenvalue weighted by molar-refractivity contribution is -0.138. The molecule has 3 atom stereocenters. The second-order valence-corrected chi connectivity index (χ2v) is 12.9. The number of H-pyrrole nitrogens is 2. The van der Waals surface area contributed by atoms with Gasteiger partial charge in [0.2, 0.25) is 11.8 Å². The van der Waals surface area contributed by atoms with E-state index in [9.17, 15) is 14.4 Å². The van der Waals surface area contributed by atoms with Crippen LogP contribution < -0.4 is 5.32 Å². The van der Waals surface area contributed by atoms with Crippen LogP contribution in [-0.4, -0.2) is 73.9 Å². The molecule has 4 aromatic rings. The summed E-state index contributed by atoms with van der Waals surface area (Å²) < 4.78 is 4.74. The minimum atomic E-state index is -0.670. The summed E-state index contributed by atoms with van der Waals surface area (Å²) in [7, 11) is 1.29. The van der Waals surface area contributed by atoms with Crippen LogP contribution in [0.1, 0.15) is 64.1 Å². The van der Waals surface area contributed by atoms with Gasteiger partial charge in [-0.3, -0.25) is 9.59 Å². The Morgan fingerprint density at radius 3 is 2.13 bits per heavy atom. The number of amides is 3. The molecular formula is C36H43N7O4. The van der Waals surface area contributed by atoms with Gasteiger partial charge in [0, 0.05) is 19.0 Å². The molecule has 2 saturated heterocycles. The smallest absolute Gasteiger partial charge is 0.407 e. The number of benzene rings is 2. The largest absolute Gasteiger partial charge is 0.453 e. The number of ether oxygens (including phenoxy) is 1. The second-order valence-electron chi connectivity index (χ2n) is 12.9. The molecule has 0 saturated carbocycles. The first-order valence-electron chi connectivity index (χ1n) is 16.5. The maximum absolute atomic E-state index is 13.5. The molecular weight excluding hydrogens is 594 g/mol. The Hall–Kier alpha value is -4.93. The Kier molecular flexibility index (Phi) is 9.42. The quantitative estimate of drug-likeness (QED) is 0.208. The fourth-order valence-electron chi connectivity index (χ4n) is 6.59. The lowest BCUT2D eigenvalue weighted by atomic mass is 9.99. The van der Waals surface area contributed by atoms with Crippen LogP contribution in [0.3, 0.4) is 0 Å². The van der Waals surface area contributed by atoms with Gasteiger partial charge >= 0.3 is 6.09 Å². The van der Waals surface area contributed by atoms with Crippen molar-refractivity contribution in [3.63, 3.8) is 0 Å². The van der Waals surface area contributed by atoms with E-state index in [2.05, 4.69) is 73.8 Å². The third-order valence-electron chi connectivity index (χ3n) is 9.33. The van der Waals surface area contributed by atoms with Crippen molar-refractivity contribution >= 4 is 17.9 Å². The molecule has 2 aromatic heterocycles. The summed E-state index contributed by atoms with van der Waals surface area (Å²) in [6.07, 6.45) is 6.68. The van der Waals surface area contributed by atoms with E-state index < -0.39 is 12.1 Å². The molecule has 6 rings (SSSR count). The number of nitrogens with one attached hydrogen (secondary N) is 3. The third kappa shape index (κ3) is 6.94. The fraction of sp³-hybridized carbons (Fsp3) is 0.417. The van der Waals surface area contributed by atoms with Gasteiger partial charge in [0.15, 0.2) is 0 Å². The summed E-state index contributed by atoms with van der Waals surface area (Å²) in [5, 5.41) is 2.69. The van der Waals surface area contributed by atoms with Gasteiger partial charge in [0.1, 0.15) is 17.7 Å². The molecule has 0 bridgehead atoms. The topological polar surface area (TPSA) is 136 Å². The van der Waals surface area contributed by atoms with E-state index in [-0.39, 0.29) is 29.7 Å². The van der Waals surface area contributed by atoms with Crippen LogP contribution in [0, 0.1) is 11.8 Å². The first kappa shape index (κ1) is 32.0. The summed E-state index contributed by atoms with van der Waals surface area (Å²) in [5.74, 6) is 1.61. The maximum atomic E-state index is 13.5. The van der Waals surface area contributed by atoms with Gasteiger partial charge in [-0.2, -0.15) is 0 Å². The van der Waals surface area contributed by atoms with Crippen LogP contribution in [0.4, 0.5) is 4.79 Å². The van der Waals surface area contributed by atoms with E-state index in [1.54, 1.807) is 0 Å². The number of hydrogen-bond donors (Lipinski definition) is 3. The zero-order valence-corrected chi connectivity index (χ0v) is 27.5. The summed E-state index contributed by atoms with van der Waals surface area (Å²) >= 11 is 0. The molecule has 47 heavy (non-hydrogen) atoms. The Morgan fingerprint density at radius 1 is 0.894 bits per heavy atom. The number of aromatic amines is 2. The second kappa shape index (κ2) is 13.8. The number of piperidine rings is 1. The van der Waals surface area contributed by atoms with Crippen molar-refractivity contribution in [3.8, 4) is 33.6 Å². The molecule has 4 heterocycles. The van der Waals surface area contributed by atoms with Crippen LogP contribution in [0.25, 0.3) is 33.6 Å². The Labute approximate surface area is 275 Å². The Balaban J connectivity index is 1.10. The van der Waals surface area contributed by atoms with Crippen LogP contribution >= 0.6 is 0 Å². The maximum Gasteiger partial charge on any atom is 0.407 e. The average Bonchev–Trinajstić information content (AvgIpc) is 3.87. The molecule has 11 heteroatoms. The van der Waals surface area contributed by atoms with Crippen LogP contribution in [0.15, 0.2) is 60.9 Å². The molecule has 0 spiro atoms. The molecule has 3 N–H and O–H groups in total. The van der Waals surface area contributed by atoms with Gasteiger partial charge in [0.05, 0.1) is 43.5 Å². The molecule has 246 valence electrons. The first-order chi connectivity index (χ1) is 22.7. The number of alkyl carbamates (subject to hydrolysis) is 1. The fourth-order valence-corrected chi connectivity index (χ4v) is 6.59. The number of likely N-dealkylation sites (tertiary alicyclic amines) is 2. The number of aromatic nitrogens is 4. The molecule has 2 aromatic carbocycles. The van der Waals surface area contributed by atoms with Gasteiger partial charge in [-0.05, 0) is 53.9 Å². The van der Waals surface area contributed by atoms with Crippen molar-refractivity contribution in [3.05, 3.63) is 72.6 Å². The Morgan fingerprint density at radius 2 is 1.49 bits per heavy atom. The van der Waals surface area contributed by atoms with E-state index in [0.29, 0.717) is 13.1 Å². The van der Waals surface area contributed by atoms with Crippen molar-refractivity contribution in [1.82, 2.24) is 35.1 Å². The molecule has 3 amide bonds. The van der Waals surface area contributed by atoms with Crippen LogP contribution in [-0.2, 0) is 20.9 Å². The van der Waals surface area contributed by atoms with Gasteiger partial charge in [-0.15, -0.1) is 0 Å². The first-order valence-corrected chi connectivity index (χ1v) is 16.5. The van der Waals surface area contributed by atoms with Crippen LogP contribution in [0.2, 0.25) is 0 Å². The van der Waals surface area contributed by atoms with E-state index >= 15 is 0 Å². The highest BCUT2D eigenvalue weighted by Gasteiger charge is 2.37. The summed E-state index contributed by atoms with van der Waals surface area (Å²) in [6, 6.07) is 15.8. The zero-order valence-electron chi connectivity index (χ0n) is 27.5. The molecule has 0 radical (unpaired) electrons. The number of methoxy groups -OCH3 is 1. The third-order valence-corrected chi connectivity index (χ3v) is 9.33. The van der Waals surface area contributed by atoms with Crippen molar-refractivity contribution in [2.45, 2.75) is 65.1 Å². The van der Waals surface area contributed by atoms with Crippen molar-refractivity contribution in [1.29, 1.82) is 0 Å². The standard InChI is InChI=1S/C36H43N7O4/c1-22(2)32(41-36(46)47-4)35(45)43-18-6-8-30(43)33-38-20-29(40-33)27-15-11-25(12-16-27)24-9-13-26(14-10-24)28-19-37-31(39-28)21-42-17-5-7-23(3)34(42)44/h9-16,19-20,22-23,30,32H,5-8,17-18,21H2,1-4H3,(H,37,39)(H,38,40)(H,41,46)/t23-,30-,32-/m0/s1. The highest BCUT2D eigenvalue weighted by Crippen LogP contribution is 2.33. The number of nitrogens with zero attached hydrogens (tertiary/aromatic N) is 4. The molecule has 2 fully saturated rings. The van der Waals surface area contributed by atoms with E-state index in [1.807, 2.05) is 43.0 Å². The molecule has 2 aliphatic heterocycles. The van der Waals surface area contributed by atoms with Gasteiger partial charge < -0.3 is 29.8 Å². The molecule has 0 unspecified atom stereocenters. The average molecular weight is 638 g/mol. The lowest BCUT2D eigenvalue weighted by Crippen LogP contribution is -2.51. The normalized spacial score (nSPS) is 18.9. The molecule has 0 aliphatic carbocycles. The predicted molar refractivity (Wildman–Crippen MR) is 179 cm³/mol. The van der Waals surface area contributed by atoms with E-state index in [1.165, 1.54) is 7.11 Å². The van der Waals surface area contributed by atoms with Crippen molar-refractivity contribution in [2.24, 2.45) is 11.8 Å². The van der Waals surface area contributed by atoms with E-state index in [4.69, 9.17) is 4.74 Å². The van der Waals surface area contributed by atoms with Crippen molar-refractivity contribution in [2.75, 3.05) is 20.2 Å². The molecule has 2 aliphatic rings. The summed E-state index contributed by atoms with van der Waals surface area (Å²) in [5.41, 5.74) is 6.03. The minimum absolute atomic E-state index is 0.0822. The monoisotopic (exact) mass is 637 g/mol. The number of rotatable bonds is 9. The van der Waals surface area contributed by atoms with Crippen molar-refractivity contribution < 1.29 is 19.1 Å². The van der Waals surface area contributed by atoms with E-state index in [0.717, 1.165) is 77.5 Å². The summed E-state index contributed by atoms with van der Waals surface area (Å²) in [4.78, 5) is 57.6. The minimum Gasteiger partial charge on any atom is -0.453 e. The predicted octanol–water partition coefficient (Wildman–Crippen LogP) is 5.94. The summed E-state index contributed by atoms with van der Waals surface area (Å²) in [6.45, 7) is 7.71. The van der Waals surface area contributed by atoms with Gasteiger partial charge in [-0.25, -0.2) is 14.8 Å².